The van der Waals surface area contributed by atoms with Crippen molar-refractivity contribution >= 4 is 34.2 Å². The highest BCUT2D eigenvalue weighted by Crippen LogP contribution is 2.40. The van der Waals surface area contributed by atoms with Crippen LogP contribution in [-0.4, -0.2) is 49.6 Å². The average molecular weight is 455 g/mol. The van der Waals surface area contributed by atoms with E-state index in [1.54, 1.807) is 25.2 Å². The van der Waals surface area contributed by atoms with E-state index in [4.69, 9.17) is 25.8 Å². The Hall–Kier alpha value is -3.32. The van der Waals surface area contributed by atoms with Crippen LogP contribution in [0.2, 0.25) is 5.15 Å². The number of carbonyl (C=O) groups excluding carboxylic acids is 2. The minimum Gasteiger partial charge on any atom is -0.493 e. The first kappa shape index (κ1) is 21.9. The van der Waals surface area contributed by atoms with Crippen LogP contribution in [0.3, 0.4) is 0 Å². The molecule has 2 heterocycles. The number of benzene rings is 2. The highest BCUT2D eigenvalue weighted by molar-refractivity contribution is 6.34. The molecule has 1 amide bonds. The Morgan fingerprint density at radius 1 is 1.09 bits per heavy atom. The highest BCUT2D eigenvalue weighted by Gasteiger charge is 2.35. The van der Waals surface area contributed by atoms with Gasteiger partial charge in [-0.1, -0.05) is 35.9 Å². The summed E-state index contributed by atoms with van der Waals surface area (Å²) in [5, 5.41) is 1.86. The van der Waals surface area contributed by atoms with Crippen molar-refractivity contribution in [2.24, 2.45) is 0 Å². The zero-order valence-electron chi connectivity index (χ0n) is 18.1. The smallest absolute Gasteiger partial charge is 0.307 e. The Kier molecular flexibility index (Phi) is 6.19. The maximum Gasteiger partial charge on any atom is 0.307 e. The first-order valence-corrected chi connectivity index (χ1v) is 10.5. The summed E-state index contributed by atoms with van der Waals surface area (Å²) in [5.41, 5.74) is 2.04. The third-order valence-corrected chi connectivity index (χ3v) is 6.05. The van der Waals surface area contributed by atoms with Gasteiger partial charge in [-0.3, -0.25) is 9.59 Å². The van der Waals surface area contributed by atoms with Gasteiger partial charge in [-0.2, -0.15) is 0 Å². The predicted molar refractivity (Wildman–Crippen MR) is 120 cm³/mol. The van der Waals surface area contributed by atoms with E-state index in [-0.39, 0.29) is 23.2 Å². The monoisotopic (exact) mass is 454 g/mol. The van der Waals surface area contributed by atoms with Gasteiger partial charge in [-0.15, -0.1) is 0 Å². The van der Waals surface area contributed by atoms with Crippen LogP contribution in [0.25, 0.3) is 10.8 Å². The third kappa shape index (κ3) is 3.96. The molecule has 0 fully saturated rings. The molecule has 0 aliphatic carbocycles. The van der Waals surface area contributed by atoms with Gasteiger partial charge in [0.05, 0.1) is 33.8 Å². The van der Waals surface area contributed by atoms with E-state index >= 15 is 0 Å². The first-order chi connectivity index (χ1) is 15.5. The molecular weight excluding hydrogens is 432 g/mol. The number of carbonyl (C=O) groups is 2. The molecule has 0 spiro atoms. The normalized spacial score (nSPS) is 15.2. The molecule has 0 radical (unpaired) electrons. The molecule has 0 N–H and O–H groups in total. The lowest BCUT2D eigenvalue weighted by Gasteiger charge is -2.37. The van der Waals surface area contributed by atoms with Crippen LogP contribution < -0.4 is 9.47 Å². The van der Waals surface area contributed by atoms with Gasteiger partial charge in [-0.25, -0.2) is 4.98 Å². The summed E-state index contributed by atoms with van der Waals surface area (Å²) in [4.78, 5) is 31.8. The summed E-state index contributed by atoms with van der Waals surface area (Å²) < 4.78 is 15.8. The lowest BCUT2D eigenvalue weighted by atomic mass is 9.89. The fourth-order valence-electron chi connectivity index (χ4n) is 4.15. The third-order valence-electron chi connectivity index (χ3n) is 5.76. The Labute approximate surface area is 190 Å². The van der Waals surface area contributed by atoms with Crippen molar-refractivity contribution in [2.45, 2.75) is 18.9 Å². The Balaban J connectivity index is 1.78. The highest BCUT2D eigenvalue weighted by atomic mass is 35.5. The molecule has 166 valence electrons. The van der Waals surface area contributed by atoms with E-state index in [1.807, 2.05) is 36.4 Å². The van der Waals surface area contributed by atoms with Crippen molar-refractivity contribution in [1.29, 1.82) is 0 Å². The number of esters is 1. The molecule has 0 saturated heterocycles. The second-order valence-corrected chi connectivity index (χ2v) is 7.83. The van der Waals surface area contributed by atoms with Crippen LogP contribution in [0.5, 0.6) is 11.5 Å². The fraction of sp³-hybridized carbons (Fsp3) is 0.292. The van der Waals surface area contributed by atoms with Crippen LogP contribution in [0.15, 0.2) is 42.5 Å². The van der Waals surface area contributed by atoms with Gasteiger partial charge in [0.25, 0.3) is 5.91 Å². The number of fused-ring (bicyclic) bond motifs is 2. The summed E-state index contributed by atoms with van der Waals surface area (Å²) >= 11 is 6.36. The molecule has 7 nitrogen and oxygen atoms in total. The topological polar surface area (TPSA) is 78.0 Å². The SMILES string of the molecule is COC(=O)CC1c2cc(OC)c(OC)cc2CCN1C(=O)c1cc2ccccc2c(Cl)n1. The number of methoxy groups -OCH3 is 3. The van der Waals surface area contributed by atoms with Gasteiger partial charge < -0.3 is 19.1 Å². The molecule has 2 aromatic carbocycles. The number of halogens is 1. The number of nitrogens with zero attached hydrogens (tertiary/aromatic N) is 2. The first-order valence-electron chi connectivity index (χ1n) is 10.1. The Bertz CT molecular complexity index is 1200. The zero-order chi connectivity index (χ0) is 22.8. The van der Waals surface area contributed by atoms with Crippen molar-refractivity contribution in [2.75, 3.05) is 27.9 Å². The van der Waals surface area contributed by atoms with Crippen molar-refractivity contribution in [3.8, 4) is 11.5 Å². The van der Waals surface area contributed by atoms with Crippen LogP contribution in [0.4, 0.5) is 0 Å². The second kappa shape index (κ2) is 9.04. The van der Waals surface area contributed by atoms with Crippen LogP contribution in [0, 0.1) is 0 Å². The van der Waals surface area contributed by atoms with Crippen LogP contribution >= 0.6 is 11.6 Å². The van der Waals surface area contributed by atoms with E-state index in [1.165, 1.54) is 7.11 Å². The second-order valence-electron chi connectivity index (χ2n) is 7.47. The van der Waals surface area contributed by atoms with Crippen LogP contribution in [-0.2, 0) is 16.0 Å². The van der Waals surface area contributed by atoms with E-state index in [0.29, 0.717) is 24.5 Å². The minimum atomic E-state index is -0.537. The molecule has 1 atom stereocenters. The standard InChI is InChI=1S/C24H23ClN2O5/c1-30-20-11-15-8-9-27(19(13-22(28)32-3)17(15)12-21(20)31-2)24(29)18-10-14-6-4-5-7-16(14)23(25)26-18/h4-7,10-12,19H,8-9,13H2,1-3H3. The number of hydrogen-bond acceptors (Lipinski definition) is 6. The number of pyridine rings is 1. The molecule has 4 rings (SSSR count). The van der Waals surface area contributed by atoms with Crippen molar-refractivity contribution in [3.05, 3.63) is 64.4 Å². The lowest BCUT2D eigenvalue weighted by molar-refractivity contribution is -0.141. The van der Waals surface area contributed by atoms with Gasteiger partial charge in [0, 0.05) is 11.9 Å². The molecule has 1 aliphatic rings. The number of amides is 1. The number of hydrogen-bond donors (Lipinski definition) is 0. The van der Waals surface area contributed by atoms with Crippen LogP contribution in [0.1, 0.15) is 34.1 Å². The molecule has 1 aliphatic heterocycles. The molecule has 8 heteroatoms. The van der Waals surface area contributed by atoms with E-state index in [9.17, 15) is 9.59 Å². The Morgan fingerprint density at radius 3 is 2.53 bits per heavy atom. The lowest BCUT2D eigenvalue weighted by Crippen LogP contribution is -2.41. The van der Waals surface area contributed by atoms with Crippen molar-refractivity contribution < 1.29 is 23.8 Å². The molecule has 0 bridgehead atoms. The van der Waals surface area contributed by atoms with Crippen molar-refractivity contribution in [3.63, 3.8) is 0 Å². The summed E-state index contributed by atoms with van der Waals surface area (Å²) in [5.74, 6) is 0.417. The molecule has 1 aromatic heterocycles. The van der Waals surface area contributed by atoms with Gasteiger partial charge in [-0.05, 0) is 41.1 Å². The molecular formula is C24H23ClN2O5. The molecule has 1 unspecified atom stereocenters. The number of ether oxygens (including phenoxy) is 3. The van der Waals surface area contributed by atoms with Gasteiger partial charge in [0.2, 0.25) is 0 Å². The maximum atomic E-state index is 13.6. The quantitative estimate of drug-likeness (QED) is 0.424. The number of aromatic nitrogens is 1. The summed E-state index contributed by atoms with van der Waals surface area (Å²) in [6.45, 7) is 0.412. The zero-order valence-corrected chi connectivity index (χ0v) is 18.8. The maximum absolute atomic E-state index is 13.6. The van der Waals surface area contributed by atoms with Crippen molar-refractivity contribution in [1.82, 2.24) is 9.88 Å². The average Bonchev–Trinajstić information content (AvgIpc) is 2.82. The van der Waals surface area contributed by atoms with E-state index < -0.39 is 12.0 Å². The summed E-state index contributed by atoms with van der Waals surface area (Å²) in [6, 6.07) is 12.4. The molecule has 32 heavy (non-hydrogen) atoms. The predicted octanol–water partition coefficient (Wildman–Crippen LogP) is 4.21. The van der Waals surface area contributed by atoms with Gasteiger partial charge >= 0.3 is 5.97 Å². The molecule has 3 aromatic rings. The minimum absolute atomic E-state index is 0.00599. The largest absolute Gasteiger partial charge is 0.493 e. The summed E-state index contributed by atoms with van der Waals surface area (Å²) in [6.07, 6.45) is 0.604. The molecule has 0 saturated carbocycles. The summed E-state index contributed by atoms with van der Waals surface area (Å²) in [7, 11) is 4.45. The fourth-order valence-corrected chi connectivity index (χ4v) is 4.41. The van der Waals surface area contributed by atoms with E-state index in [0.717, 1.165) is 21.9 Å². The van der Waals surface area contributed by atoms with Gasteiger partial charge in [0.15, 0.2) is 11.5 Å². The number of rotatable bonds is 5. The van der Waals surface area contributed by atoms with Gasteiger partial charge in [0.1, 0.15) is 10.8 Å². The van der Waals surface area contributed by atoms with E-state index in [2.05, 4.69) is 4.98 Å². The Morgan fingerprint density at radius 2 is 1.81 bits per heavy atom.